The molecule has 1 aromatic heterocycles. The second-order valence-corrected chi connectivity index (χ2v) is 8.16. The monoisotopic (exact) mass is 375 g/mol. The molecule has 1 heterocycles. The number of benzene rings is 1. The van der Waals surface area contributed by atoms with E-state index in [2.05, 4.69) is 17.2 Å². The fourth-order valence-electron chi connectivity index (χ4n) is 4.69. The third kappa shape index (κ3) is 3.20. The maximum Gasteiger partial charge on any atom is 0.282 e. The standard InChI is InChI=1S/C20H23F2N3S/c1-25-11-16(18(24-25)19(21)22)20(26-2)23-17-6-4-3-5-14(17)15-10-12-7-8-13(15)9-12/h3-6,11-13,15,19H,7-10H2,1-2H3/b23-20-. The van der Waals surface area contributed by atoms with E-state index in [0.29, 0.717) is 16.5 Å². The number of thioether (sulfide) groups is 1. The van der Waals surface area contributed by atoms with Crippen molar-refractivity contribution in [1.82, 2.24) is 9.78 Å². The Kier molecular flexibility index (Phi) is 4.86. The van der Waals surface area contributed by atoms with Crippen molar-refractivity contribution in [3.63, 3.8) is 0 Å². The molecule has 26 heavy (non-hydrogen) atoms. The van der Waals surface area contributed by atoms with Crippen molar-refractivity contribution < 1.29 is 8.78 Å². The number of hydrogen-bond acceptors (Lipinski definition) is 3. The lowest BCUT2D eigenvalue weighted by molar-refractivity contribution is 0.145. The summed E-state index contributed by atoms with van der Waals surface area (Å²) in [6.45, 7) is 0. The number of alkyl halides is 2. The highest BCUT2D eigenvalue weighted by atomic mass is 32.2. The molecule has 6 heteroatoms. The number of hydrogen-bond donors (Lipinski definition) is 0. The van der Waals surface area contributed by atoms with Crippen molar-refractivity contribution >= 4 is 22.5 Å². The first kappa shape index (κ1) is 17.7. The van der Waals surface area contributed by atoms with E-state index >= 15 is 0 Å². The number of para-hydroxylation sites is 1. The Morgan fingerprint density at radius 3 is 2.73 bits per heavy atom. The smallest absolute Gasteiger partial charge is 0.275 e. The minimum atomic E-state index is -2.61. The molecule has 0 radical (unpaired) electrons. The summed E-state index contributed by atoms with van der Waals surface area (Å²) >= 11 is 1.39. The van der Waals surface area contributed by atoms with E-state index in [1.54, 1.807) is 13.2 Å². The molecule has 2 aliphatic carbocycles. The lowest BCUT2D eigenvalue weighted by Gasteiger charge is -2.23. The maximum atomic E-state index is 13.4. The molecule has 0 amide bonds. The summed E-state index contributed by atoms with van der Waals surface area (Å²) < 4.78 is 28.2. The van der Waals surface area contributed by atoms with E-state index in [1.165, 1.54) is 47.7 Å². The van der Waals surface area contributed by atoms with E-state index in [1.807, 2.05) is 18.4 Å². The van der Waals surface area contributed by atoms with Crippen LogP contribution < -0.4 is 0 Å². The Balaban J connectivity index is 1.73. The van der Waals surface area contributed by atoms with E-state index < -0.39 is 6.43 Å². The van der Waals surface area contributed by atoms with Crippen LogP contribution in [0.25, 0.3) is 0 Å². The third-order valence-corrected chi connectivity index (χ3v) is 6.48. The van der Waals surface area contributed by atoms with Crippen LogP contribution in [0.3, 0.4) is 0 Å². The lowest BCUT2D eigenvalue weighted by atomic mass is 9.83. The van der Waals surface area contributed by atoms with Gasteiger partial charge in [0.25, 0.3) is 6.43 Å². The van der Waals surface area contributed by atoms with Gasteiger partial charge in [0.15, 0.2) is 0 Å². The van der Waals surface area contributed by atoms with Crippen LogP contribution >= 0.6 is 11.8 Å². The molecule has 2 fully saturated rings. The van der Waals surface area contributed by atoms with Gasteiger partial charge in [-0.1, -0.05) is 24.6 Å². The summed E-state index contributed by atoms with van der Waals surface area (Å²) in [6, 6.07) is 8.22. The molecular formula is C20H23F2N3S. The number of nitrogens with zero attached hydrogens (tertiary/aromatic N) is 3. The first-order chi connectivity index (χ1) is 12.6. The predicted octanol–water partition coefficient (Wildman–Crippen LogP) is 5.70. The summed E-state index contributed by atoms with van der Waals surface area (Å²) in [5.74, 6) is 2.16. The van der Waals surface area contributed by atoms with Gasteiger partial charge in [0, 0.05) is 13.2 Å². The lowest BCUT2D eigenvalue weighted by Crippen LogP contribution is -2.09. The number of aromatic nitrogens is 2. The molecule has 138 valence electrons. The van der Waals surface area contributed by atoms with E-state index in [0.717, 1.165) is 17.5 Å². The number of aliphatic imine (C=N–C) groups is 1. The highest BCUT2D eigenvalue weighted by molar-refractivity contribution is 8.13. The van der Waals surface area contributed by atoms with Gasteiger partial charge in [-0.3, -0.25) is 4.68 Å². The number of fused-ring (bicyclic) bond motifs is 2. The Bertz CT molecular complexity index is 830. The van der Waals surface area contributed by atoms with Crippen LogP contribution in [0.1, 0.15) is 54.8 Å². The van der Waals surface area contributed by atoms with Crippen LogP contribution in [-0.4, -0.2) is 21.1 Å². The van der Waals surface area contributed by atoms with Gasteiger partial charge >= 0.3 is 0 Å². The van der Waals surface area contributed by atoms with Crippen molar-refractivity contribution in [2.24, 2.45) is 23.9 Å². The fraction of sp³-hybridized carbons (Fsp3) is 0.500. The maximum absolute atomic E-state index is 13.4. The van der Waals surface area contributed by atoms with Gasteiger partial charge in [-0.25, -0.2) is 13.8 Å². The Morgan fingerprint density at radius 1 is 1.27 bits per heavy atom. The fourth-order valence-corrected chi connectivity index (χ4v) is 5.25. The quantitative estimate of drug-likeness (QED) is 0.507. The SMILES string of the molecule is CS/C(=N\c1ccccc1C1CC2CCC1C2)c1cn(C)nc1C(F)F. The molecule has 2 aliphatic rings. The third-order valence-electron chi connectivity index (χ3n) is 5.78. The number of halogens is 2. The van der Waals surface area contributed by atoms with E-state index in [9.17, 15) is 8.78 Å². The number of aryl methyl sites for hydroxylation is 1. The summed E-state index contributed by atoms with van der Waals surface area (Å²) in [6.07, 6.45) is 6.14. The molecule has 3 unspecified atom stereocenters. The summed E-state index contributed by atoms with van der Waals surface area (Å²) in [7, 11) is 1.66. The predicted molar refractivity (Wildman–Crippen MR) is 103 cm³/mol. The zero-order valence-electron chi connectivity index (χ0n) is 15.0. The first-order valence-corrected chi connectivity index (χ1v) is 10.3. The summed E-state index contributed by atoms with van der Waals surface area (Å²) in [5.41, 5.74) is 2.42. The zero-order chi connectivity index (χ0) is 18.3. The molecule has 0 aliphatic heterocycles. The highest BCUT2D eigenvalue weighted by Crippen LogP contribution is 2.54. The van der Waals surface area contributed by atoms with E-state index in [4.69, 9.17) is 4.99 Å². The normalized spacial score (nSPS) is 25.4. The summed E-state index contributed by atoms with van der Waals surface area (Å²) in [5, 5.41) is 4.53. The molecular weight excluding hydrogens is 352 g/mol. The molecule has 3 nitrogen and oxygen atoms in total. The minimum Gasteiger partial charge on any atom is -0.275 e. The van der Waals surface area contributed by atoms with Crippen LogP contribution in [-0.2, 0) is 7.05 Å². The Morgan fingerprint density at radius 2 is 2.08 bits per heavy atom. The van der Waals surface area contributed by atoms with Crippen molar-refractivity contribution in [3.8, 4) is 0 Å². The van der Waals surface area contributed by atoms with Crippen molar-refractivity contribution in [1.29, 1.82) is 0 Å². The molecule has 0 saturated heterocycles. The van der Waals surface area contributed by atoms with Crippen LogP contribution in [0, 0.1) is 11.8 Å². The Hall–Kier alpha value is -1.69. The van der Waals surface area contributed by atoms with Gasteiger partial charge in [-0.05, 0) is 54.9 Å². The van der Waals surface area contributed by atoms with Crippen LogP contribution in [0.15, 0.2) is 35.5 Å². The highest BCUT2D eigenvalue weighted by Gasteiger charge is 2.40. The Labute approximate surface area is 156 Å². The molecule has 0 N–H and O–H groups in total. The molecule has 2 saturated carbocycles. The topological polar surface area (TPSA) is 30.2 Å². The van der Waals surface area contributed by atoms with Gasteiger partial charge in [0.1, 0.15) is 10.7 Å². The van der Waals surface area contributed by atoms with Gasteiger partial charge in [-0.15, -0.1) is 11.8 Å². The second-order valence-electron chi connectivity index (χ2n) is 7.36. The largest absolute Gasteiger partial charge is 0.282 e. The van der Waals surface area contributed by atoms with Gasteiger partial charge in [0.05, 0.1) is 11.3 Å². The minimum absolute atomic E-state index is 0.196. The summed E-state index contributed by atoms with van der Waals surface area (Å²) in [4.78, 5) is 4.82. The van der Waals surface area contributed by atoms with E-state index in [-0.39, 0.29) is 5.69 Å². The van der Waals surface area contributed by atoms with Gasteiger partial charge in [-0.2, -0.15) is 5.10 Å². The van der Waals surface area contributed by atoms with Gasteiger partial charge < -0.3 is 0 Å². The average Bonchev–Trinajstić information content (AvgIpc) is 3.35. The van der Waals surface area contributed by atoms with Crippen molar-refractivity contribution in [3.05, 3.63) is 47.3 Å². The number of rotatable bonds is 4. The van der Waals surface area contributed by atoms with Crippen molar-refractivity contribution in [2.75, 3.05) is 6.26 Å². The molecule has 0 spiro atoms. The molecule has 3 atom stereocenters. The average molecular weight is 375 g/mol. The molecule has 1 aromatic carbocycles. The van der Waals surface area contributed by atoms with Crippen molar-refractivity contribution in [2.45, 2.75) is 38.0 Å². The zero-order valence-corrected chi connectivity index (χ0v) is 15.8. The van der Waals surface area contributed by atoms with Crippen LogP contribution in [0.4, 0.5) is 14.5 Å². The van der Waals surface area contributed by atoms with Crippen LogP contribution in [0.5, 0.6) is 0 Å². The second kappa shape index (κ2) is 7.14. The van der Waals surface area contributed by atoms with Crippen LogP contribution in [0.2, 0.25) is 0 Å². The molecule has 4 rings (SSSR count). The molecule has 2 aromatic rings. The first-order valence-electron chi connectivity index (χ1n) is 9.10. The molecule has 2 bridgehead atoms. The van der Waals surface area contributed by atoms with Gasteiger partial charge in [0.2, 0.25) is 0 Å².